The molecule has 1 aromatic rings. The summed E-state index contributed by atoms with van der Waals surface area (Å²) in [4.78, 5) is 12.5. The van der Waals surface area contributed by atoms with Crippen LogP contribution < -0.4 is 0 Å². The molecular formula is C19H24O3. The molecular weight excluding hydrogens is 276 g/mol. The normalized spacial score (nSPS) is 21.2. The van der Waals surface area contributed by atoms with Gasteiger partial charge in [-0.2, -0.15) is 0 Å². The Morgan fingerprint density at radius 3 is 2.59 bits per heavy atom. The van der Waals surface area contributed by atoms with Crippen LogP contribution in [-0.4, -0.2) is 23.1 Å². The van der Waals surface area contributed by atoms with Crippen molar-refractivity contribution in [1.82, 2.24) is 0 Å². The van der Waals surface area contributed by atoms with Crippen molar-refractivity contribution in [3.05, 3.63) is 59.4 Å². The van der Waals surface area contributed by atoms with E-state index >= 15 is 0 Å². The second kappa shape index (κ2) is 7.41. The van der Waals surface area contributed by atoms with Gasteiger partial charge < -0.3 is 9.84 Å². The molecule has 22 heavy (non-hydrogen) atoms. The molecule has 1 aliphatic rings. The molecule has 0 radical (unpaired) electrons. The number of carbonyl (C=O) groups is 1. The molecule has 0 spiro atoms. The second-order valence-electron chi connectivity index (χ2n) is 5.67. The maximum Gasteiger partial charge on any atom is 0.196 e. The van der Waals surface area contributed by atoms with Gasteiger partial charge in [0.05, 0.1) is 11.2 Å². The Morgan fingerprint density at radius 2 is 2.00 bits per heavy atom. The maximum atomic E-state index is 12.5. The third kappa shape index (κ3) is 3.66. The van der Waals surface area contributed by atoms with Gasteiger partial charge >= 0.3 is 0 Å². The molecule has 1 aromatic carbocycles. The minimum absolute atomic E-state index is 0.126. The number of hydrogen-bond donors (Lipinski definition) is 1. The van der Waals surface area contributed by atoms with Gasteiger partial charge in [0.1, 0.15) is 5.76 Å². The lowest BCUT2D eigenvalue weighted by atomic mass is 9.84. The van der Waals surface area contributed by atoms with E-state index in [0.29, 0.717) is 24.2 Å². The first kappa shape index (κ1) is 16.5. The number of unbranched alkanes of at least 4 members (excludes halogenated alkanes) is 1. The first-order valence-corrected chi connectivity index (χ1v) is 7.97. The van der Waals surface area contributed by atoms with Gasteiger partial charge in [-0.25, -0.2) is 0 Å². The zero-order chi connectivity index (χ0) is 16.0. The molecule has 0 amide bonds. The summed E-state index contributed by atoms with van der Waals surface area (Å²) in [6.45, 7) is 4.67. The summed E-state index contributed by atoms with van der Waals surface area (Å²) in [6, 6.07) is 9.04. The Morgan fingerprint density at radius 1 is 1.27 bits per heavy atom. The van der Waals surface area contributed by atoms with Gasteiger partial charge in [-0.05, 0) is 19.4 Å². The molecule has 0 fully saturated rings. The number of benzene rings is 1. The van der Waals surface area contributed by atoms with E-state index in [4.69, 9.17) is 4.74 Å². The molecule has 0 bridgehead atoms. The van der Waals surface area contributed by atoms with E-state index in [0.717, 1.165) is 19.3 Å². The highest BCUT2D eigenvalue weighted by molar-refractivity contribution is 6.11. The highest BCUT2D eigenvalue weighted by atomic mass is 16.5. The summed E-state index contributed by atoms with van der Waals surface area (Å²) in [6.07, 6.45) is 6.99. The first-order chi connectivity index (χ1) is 10.6. The average molecular weight is 300 g/mol. The molecule has 3 nitrogen and oxygen atoms in total. The molecule has 2 rings (SSSR count). The van der Waals surface area contributed by atoms with Crippen LogP contribution >= 0.6 is 0 Å². The predicted molar refractivity (Wildman–Crippen MR) is 88.1 cm³/mol. The van der Waals surface area contributed by atoms with E-state index in [1.165, 1.54) is 0 Å². The topological polar surface area (TPSA) is 46.5 Å². The molecule has 1 N–H and O–H groups in total. The summed E-state index contributed by atoms with van der Waals surface area (Å²) in [7, 11) is 0. The van der Waals surface area contributed by atoms with Crippen molar-refractivity contribution in [3.8, 4) is 0 Å². The number of carbonyl (C=O) groups excluding carboxylic acids is 1. The van der Waals surface area contributed by atoms with Crippen LogP contribution in [0.25, 0.3) is 0 Å². The minimum Gasteiger partial charge on any atom is -0.511 e. The van der Waals surface area contributed by atoms with E-state index in [1.54, 1.807) is 18.2 Å². The van der Waals surface area contributed by atoms with Gasteiger partial charge in [0.15, 0.2) is 5.78 Å². The SMILES string of the molecule is CCCCC1(OCC)C=CC(C(=O)c2ccccc2)=C(O)C1. The summed E-state index contributed by atoms with van der Waals surface area (Å²) in [5.41, 5.74) is 0.485. The van der Waals surface area contributed by atoms with Crippen LogP contribution in [0.4, 0.5) is 0 Å². The van der Waals surface area contributed by atoms with Crippen LogP contribution in [0.2, 0.25) is 0 Å². The number of aliphatic hydroxyl groups excluding tert-OH is 1. The minimum atomic E-state index is -0.477. The Balaban J connectivity index is 2.21. The highest BCUT2D eigenvalue weighted by Crippen LogP contribution is 2.34. The predicted octanol–water partition coefficient (Wildman–Crippen LogP) is 4.61. The monoisotopic (exact) mass is 300 g/mol. The molecule has 0 aliphatic heterocycles. The summed E-state index contributed by atoms with van der Waals surface area (Å²) >= 11 is 0. The number of aliphatic hydroxyl groups is 1. The Bertz CT molecular complexity index is 572. The van der Waals surface area contributed by atoms with Gasteiger partial charge in [0.2, 0.25) is 0 Å². The summed E-state index contributed by atoms with van der Waals surface area (Å²) in [5.74, 6) is -0.0177. The molecule has 0 aromatic heterocycles. The fourth-order valence-electron chi connectivity index (χ4n) is 2.83. The van der Waals surface area contributed by atoms with Crippen molar-refractivity contribution in [2.24, 2.45) is 0 Å². The first-order valence-electron chi connectivity index (χ1n) is 7.97. The van der Waals surface area contributed by atoms with Crippen LogP contribution in [0.1, 0.15) is 49.9 Å². The standard InChI is InChI=1S/C19H24O3/c1-3-5-12-19(22-4-2)13-11-16(17(20)14-19)18(21)15-9-7-6-8-10-15/h6-11,13,20H,3-5,12,14H2,1-2H3. The highest BCUT2D eigenvalue weighted by Gasteiger charge is 2.33. The lowest BCUT2D eigenvalue weighted by Gasteiger charge is -2.33. The van der Waals surface area contributed by atoms with Crippen molar-refractivity contribution in [1.29, 1.82) is 0 Å². The Labute approximate surface area is 132 Å². The van der Waals surface area contributed by atoms with Crippen LogP contribution in [-0.2, 0) is 4.74 Å². The number of ketones is 1. The van der Waals surface area contributed by atoms with Crippen molar-refractivity contribution in [2.45, 2.75) is 45.1 Å². The average Bonchev–Trinajstić information content (AvgIpc) is 2.54. The number of allylic oxidation sites excluding steroid dienone is 2. The molecule has 0 heterocycles. The molecule has 1 aliphatic carbocycles. The van der Waals surface area contributed by atoms with E-state index in [2.05, 4.69) is 6.92 Å². The molecule has 118 valence electrons. The second-order valence-corrected chi connectivity index (χ2v) is 5.67. The van der Waals surface area contributed by atoms with Crippen molar-refractivity contribution in [2.75, 3.05) is 6.61 Å². The number of hydrogen-bond acceptors (Lipinski definition) is 3. The molecule has 0 saturated heterocycles. The molecule has 3 heteroatoms. The summed E-state index contributed by atoms with van der Waals surface area (Å²) < 4.78 is 5.88. The molecule has 0 saturated carbocycles. The molecule has 1 atom stereocenters. The van der Waals surface area contributed by atoms with E-state index < -0.39 is 5.60 Å². The number of rotatable bonds is 7. The van der Waals surface area contributed by atoms with Crippen molar-refractivity contribution < 1.29 is 14.6 Å². The fourth-order valence-corrected chi connectivity index (χ4v) is 2.83. The Hall–Kier alpha value is -1.87. The van der Waals surface area contributed by atoms with Crippen molar-refractivity contribution in [3.63, 3.8) is 0 Å². The quantitative estimate of drug-likeness (QED) is 0.748. The van der Waals surface area contributed by atoms with Gasteiger partial charge in [-0.15, -0.1) is 0 Å². The number of ether oxygens (including phenoxy) is 1. The van der Waals surface area contributed by atoms with E-state index in [-0.39, 0.29) is 11.5 Å². The van der Waals surface area contributed by atoms with Gasteiger partial charge in [0, 0.05) is 18.6 Å². The third-order valence-corrected chi connectivity index (χ3v) is 4.00. The van der Waals surface area contributed by atoms with Crippen LogP contribution in [0.3, 0.4) is 0 Å². The summed E-state index contributed by atoms with van der Waals surface area (Å²) in [5, 5.41) is 10.4. The van der Waals surface area contributed by atoms with Gasteiger partial charge in [-0.1, -0.05) is 56.2 Å². The van der Waals surface area contributed by atoms with Crippen LogP contribution in [0.15, 0.2) is 53.8 Å². The molecule has 1 unspecified atom stereocenters. The van der Waals surface area contributed by atoms with Gasteiger partial charge in [-0.3, -0.25) is 4.79 Å². The largest absolute Gasteiger partial charge is 0.511 e. The van der Waals surface area contributed by atoms with Crippen LogP contribution in [0.5, 0.6) is 0 Å². The number of Topliss-reactive ketones (excluding diaryl/α,β-unsaturated/α-hetero) is 1. The fraction of sp³-hybridized carbons (Fsp3) is 0.421. The third-order valence-electron chi connectivity index (χ3n) is 4.00. The van der Waals surface area contributed by atoms with E-state index in [1.807, 2.05) is 31.2 Å². The Kier molecular flexibility index (Phi) is 5.56. The van der Waals surface area contributed by atoms with Crippen molar-refractivity contribution >= 4 is 5.78 Å². The zero-order valence-corrected chi connectivity index (χ0v) is 13.3. The maximum absolute atomic E-state index is 12.5. The lowest BCUT2D eigenvalue weighted by molar-refractivity contribution is -0.0162. The van der Waals surface area contributed by atoms with E-state index in [9.17, 15) is 9.90 Å². The lowest BCUT2D eigenvalue weighted by Crippen LogP contribution is -2.33. The smallest absolute Gasteiger partial charge is 0.196 e. The zero-order valence-electron chi connectivity index (χ0n) is 13.3. The van der Waals surface area contributed by atoms with Gasteiger partial charge in [0.25, 0.3) is 0 Å². The van der Waals surface area contributed by atoms with Crippen LogP contribution in [0, 0.1) is 0 Å².